The number of rotatable bonds is 4. The maximum Gasteiger partial charge on any atom is 0.107 e. The van der Waals surface area contributed by atoms with Crippen LogP contribution in [0.5, 0.6) is 0 Å². The van der Waals surface area contributed by atoms with E-state index in [0.717, 1.165) is 22.0 Å². The lowest BCUT2D eigenvalue weighted by Crippen LogP contribution is -2.30. The van der Waals surface area contributed by atoms with E-state index in [4.69, 9.17) is 23.2 Å². The molecule has 2 nitrogen and oxygen atoms in total. The minimum absolute atomic E-state index is 0.648. The zero-order valence-electron chi connectivity index (χ0n) is 11.7. The fraction of sp³-hybridized carbons (Fsp3) is 0.438. The van der Waals surface area contributed by atoms with E-state index in [-0.39, 0.29) is 0 Å². The van der Waals surface area contributed by atoms with Crippen LogP contribution in [0, 0.1) is 0 Å². The van der Waals surface area contributed by atoms with Gasteiger partial charge in [0.25, 0.3) is 0 Å². The van der Waals surface area contributed by atoms with Gasteiger partial charge in [-0.15, -0.1) is 11.3 Å². The van der Waals surface area contributed by atoms with Crippen LogP contribution in [0.1, 0.15) is 37.1 Å². The van der Waals surface area contributed by atoms with Crippen molar-refractivity contribution in [3.05, 3.63) is 39.4 Å². The summed E-state index contributed by atoms with van der Waals surface area (Å²) in [7, 11) is 0. The molecule has 1 N–H and O–H groups in total. The number of aromatic nitrogens is 1. The summed E-state index contributed by atoms with van der Waals surface area (Å²) in [6.07, 6.45) is 8.51. The Hall–Kier alpha value is -0.610. The summed E-state index contributed by atoms with van der Waals surface area (Å²) in [6.45, 7) is 0.831. The van der Waals surface area contributed by atoms with Crippen LogP contribution in [-0.2, 0) is 6.54 Å². The van der Waals surface area contributed by atoms with Crippen molar-refractivity contribution >= 4 is 34.5 Å². The smallest absolute Gasteiger partial charge is 0.107 e. The minimum atomic E-state index is 0.648. The molecule has 0 amide bonds. The third kappa shape index (κ3) is 3.78. The van der Waals surface area contributed by atoms with Crippen LogP contribution in [0.2, 0.25) is 10.0 Å². The lowest BCUT2D eigenvalue weighted by Gasteiger charge is -2.22. The van der Waals surface area contributed by atoms with Gasteiger partial charge in [-0.1, -0.05) is 48.5 Å². The second-order valence-corrected chi connectivity index (χ2v) is 7.36. The van der Waals surface area contributed by atoms with Gasteiger partial charge in [0, 0.05) is 24.3 Å². The van der Waals surface area contributed by atoms with Gasteiger partial charge in [-0.05, 0) is 25.0 Å². The highest BCUT2D eigenvalue weighted by molar-refractivity contribution is 7.15. The van der Waals surface area contributed by atoms with Gasteiger partial charge in [0.15, 0.2) is 0 Å². The summed E-state index contributed by atoms with van der Waals surface area (Å²) in [5.41, 5.74) is 0.891. The van der Waals surface area contributed by atoms with Crippen molar-refractivity contribution in [2.45, 2.75) is 44.7 Å². The fourth-order valence-electron chi connectivity index (χ4n) is 2.78. The number of thiazole rings is 1. The van der Waals surface area contributed by atoms with Crippen molar-refractivity contribution in [2.24, 2.45) is 0 Å². The molecule has 1 aliphatic rings. The maximum absolute atomic E-state index is 6.25. The number of hydrogen-bond acceptors (Lipinski definition) is 3. The normalized spacial score (nSPS) is 16.3. The molecule has 0 saturated heterocycles. The summed E-state index contributed by atoms with van der Waals surface area (Å²) >= 11 is 14.2. The van der Waals surface area contributed by atoms with Crippen molar-refractivity contribution in [3.8, 4) is 10.4 Å². The summed E-state index contributed by atoms with van der Waals surface area (Å²) in [6, 6.07) is 6.24. The molecule has 0 unspecified atom stereocenters. The number of halogens is 2. The highest BCUT2D eigenvalue weighted by Crippen LogP contribution is 2.37. The lowest BCUT2D eigenvalue weighted by atomic mass is 9.96. The fourth-order valence-corrected chi connectivity index (χ4v) is 4.43. The Morgan fingerprint density at radius 3 is 2.57 bits per heavy atom. The predicted octanol–water partition coefficient (Wildman–Crippen LogP) is 5.54. The van der Waals surface area contributed by atoms with E-state index >= 15 is 0 Å². The molecule has 1 heterocycles. The number of hydrogen-bond donors (Lipinski definition) is 1. The van der Waals surface area contributed by atoms with Gasteiger partial charge in [0.05, 0.1) is 14.9 Å². The first-order valence-electron chi connectivity index (χ1n) is 7.36. The highest BCUT2D eigenvalue weighted by Gasteiger charge is 2.15. The van der Waals surface area contributed by atoms with Crippen LogP contribution < -0.4 is 5.32 Å². The summed E-state index contributed by atoms with van der Waals surface area (Å²) < 4.78 is 0. The van der Waals surface area contributed by atoms with Crippen molar-refractivity contribution in [1.29, 1.82) is 0 Å². The van der Waals surface area contributed by atoms with Gasteiger partial charge < -0.3 is 5.32 Å². The van der Waals surface area contributed by atoms with Crippen LogP contribution >= 0.6 is 34.5 Å². The van der Waals surface area contributed by atoms with E-state index in [1.807, 2.05) is 24.4 Å². The topological polar surface area (TPSA) is 24.9 Å². The largest absolute Gasteiger partial charge is 0.308 e. The standard InChI is InChI=1S/C16H18Cl2N2S/c17-12-7-4-8-13(18)16(12)14-9-20-15(21-14)10-19-11-5-2-1-3-6-11/h4,7-9,11,19H,1-3,5-6,10H2. The van der Waals surface area contributed by atoms with E-state index in [1.165, 1.54) is 32.1 Å². The van der Waals surface area contributed by atoms with Gasteiger partial charge in [0.2, 0.25) is 0 Å². The first kappa shape index (κ1) is 15.3. The van der Waals surface area contributed by atoms with Gasteiger partial charge in [0.1, 0.15) is 5.01 Å². The Kier molecular flexibility index (Phi) is 5.17. The lowest BCUT2D eigenvalue weighted by molar-refractivity contribution is 0.372. The van der Waals surface area contributed by atoms with E-state index < -0.39 is 0 Å². The molecule has 1 aliphatic carbocycles. The zero-order valence-corrected chi connectivity index (χ0v) is 14.1. The maximum atomic E-state index is 6.25. The molecule has 5 heteroatoms. The predicted molar refractivity (Wildman–Crippen MR) is 91.3 cm³/mol. The van der Waals surface area contributed by atoms with E-state index in [0.29, 0.717) is 16.1 Å². The molecule has 3 rings (SSSR count). The van der Waals surface area contributed by atoms with Crippen molar-refractivity contribution in [1.82, 2.24) is 10.3 Å². The van der Waals surface area contributed by atoms with Gasteiger partial charge in [-0.2, -0.15) is 0 Å². The van der Waals surface area contributed by atoms with E-state index in [9.17, 15) is 0 Å². The van der Waals surface area contributed by atoms with Crippen LogP contribution in [-0.4, -0.2) is 11.0 Å². The highest BCUT2D eigenvalue weighted by atomic mass is 35.5. The van der Waals surface area contributed by atoms with Gasteiger partial charge in [-0.3, -0.25) is 0 Å². The van der Waals surface area contributed by atoms with Crippen molar-refractivity contribution in [3.63, 3.8) is 0 Å². The molecule has 0 aliphatic heterocycles. The average Bonchev–Trinajstić information content (AvgIpc) is 2.95. The Labute approximate surface area is 139 Å². The molecule has 112 valence electrons. The van der Waals surface area contributed by atoms with E-state index in [2.05, 4.69) is 10.3 Å². The first-order valence-corrected chi connectivity index (χ1v) is 8.94. The number of nitrogens with one attached hydrogen (secondary N) is 1. The third-order valence-corrected chi connectivity index (χ3v) is 5.55. The average molecular weight is 341 g/mol. The molecule has 21 heavy (non-hydrogen) atoms. The van der Waals surface area contributed by atoms with Gasteiger partial charge in [-0.25, -0.2) is 4.98 Å². The summed E-state index contributed by atoms with van der Waals surface area (Å²) in [4.78, 5) is 5.53. The molecule has 0 radical (unpaired) electrons. The molecular formula is C16H18Cl2N2S. The van der Waals surface area contributed by atoms with Crippen molar-refractivity contribution in [2.75, 3.05) is 0 Å². The first-order chi connectivity index (χ1) is 10.2. The molecule has 1 aromatic heterocycles. The molecule has 1 aromatic carbocycles. The Morgan fingerprint density at radius 1 is 1.14 bits per heavy atom. The number of nitrogens with zero attached hydrogens (tertiary/aromatic N) is 1. The summed E-state index contributed by atoms with van der Waals surface area (Å²) in [5.74, 6) is 0. The van der Waals surface area contributed by atoms with Gasteiger partial charge >= 0.3 is 0 Å². The van der Waals surface area contributed by atoms with Crippen LogP contribution in [0.15, 0.2) is 24.4 Å². The Balaban J connectivity index is 1.68. The Morgan fingerprint density at radius 2 is 1.86 bits per heavy atom. The summed E-state index contributed by atoms with van der Waals surface area (Å²) in [5, 5.41) is 6.06. The second-order valence-electron chi connectivity index (χ2n) is 5.43. The van der Waals surface area contributed by atoms with Crippen LogP contribution in [0.3, 0.4) is 0 Å². The second kappa shape index (κ2) is 7.10. The van der Waals surface area contributed by atoms with Crippen LogP contribution in [0.4, 0.5) is 0 Å². The molecule has 1 saturated carbocycles. The molecular weight excluding hydrogens is 323 g/mol. The SMILES string of the molecule is Clc1cccc(Cl)c1-c1cnc(CNC2CCCCC2)s1. The quantitative estimate of drug-likeness (QED) is 0.790. The zero-order chi connectivity index (χ0) is 14.7. The van der Waals surface area contributed by atoms with Crippen LogP contribution in [0.25, 0.3) is 10.4 Å². The van der Waals surface area contributed by atoms with Crippen molar-refractivity contribution < 1.29 is 0 Å². The minimum Gasteiger partial charge on any atom is -0.308 e. The molecule has 0 bridgehead atoms. The molecule has 2 aromatic rings. The molecule has 0 spiro atoms. The Bertz CT molecular complexity index is 586. The molecule has 0 atom stereocenters. The number of benzene rings is 1. The monoisotopic (exact) mass is 340 g/mol. The third-order valence-electron chi connectivity index (χ3n) is 3.91. The van der Waals surface area contributed by atoms with E-state index in [1.54, 1.807) is 11.3 Å². The molecule has 1 fully saturated rings.